The van der Waals surface area contributed by atoms with Crippen LogP contribution in [0.25, 0.3) is 27.6 Å². The highest BCUT2D eigenvalue weighted by molar-refractivity contribution is 6.07. The van der Waals surface area contributed by atoms with Gasteiger partial charge in [-0.05, 0) is 44.2 Å². The summed E-state index contributed by atoms with van der Waals surface area (Å²) in [5.74, 6) is -0.672. The number of aryl methyl sites for hydroxylation is 1. The number of nitrogens with one attached hydrogen (secondary N) is 2. The van der Waals surface area contributed by atoms with Crippen molar-refractivity contribution >= 4 is 27.8 Å². The number of rotatable bonds is 4. The Kier molecular flexibility index (Phi) is 4.12. The highest BCUT2D eigenvalue weighted by atomic mass is 19.1. The highest BCUT2D eigenvalue weighted by Gasteiger charge is 2.17. The lowest BCUT2D eigenvalue weighted by molar-refractivity contribution is 0.0919. The Hall–Kier alpha value is -3.26. The standard InChI is InChI=1S/C19H18FN5O2/c1-10(26)8-21-19(27)14-4-6-15(11(2)23-14)25-16-5-3-12(20)7-13(16)18-17(25)9-22-24-18/h3-7,9-10,26H,8H2,1-2H3,(H,21,27)(H,22,24). The van der Waals surface area contributed by atoms with Crippen LogP contribution in [0.1, 0.15) is 23.1 Å². The van der Waals surface area contributed by atoms with Gasteiger partial charge >= 0.3 is 0 Å². The first-order chi connectivity index (χ1) is 13.0. The Balaban J connectivity index is 1.82. The smallest absolute Gasteiger partial charge is 0.269 e. The van der Waals surface area contributed by atoms with Crippen molar-refractivity contribution in [1.29, 1.82) is 0 Å². The van der Waals surface area contributed by atoms with Gasteiger partial charge < -0.3 is 15.0 Å². The van der Waals surface area contributed by atoms with E-state index in [-0.39, 0.29) is 24.0 Å². The van der Waals surface area contributed by atoms with Gasteiger partial charge in [-0.15, -0.1) is 0 Å². The van der Waals surface area contributed by atoms with Crippen LogP contribution in [0.4, 0.5) is 4.39 Å². The average molecular weight is 367 g/mol. The molecule has 0 aliphatic rings. The minimum absolute atomic E-state index is 0.157. The molecular weight excluding hydrogens is 349 g/mol. The van der Waals surface area contributed by atoms with E-state index < -0.39 is 6.10 Å². The van der Waals surface area contributed by atoms with Crippen LogP contribution >= 0.6 is 0 Å². The van der Waals surface area contributed by atoms with Gasteiger partial charge in [-0.2, -0.15) is 5.10 Å². The van der Waals surface area contributed by atoms with E-state index in [2.05, 4.69) is 20.5 Å². The fourth-order valence-corrected chi connectivity index (χ4v) is 3.19. The molecule has 0 fully saturated rings. The molecule has 7 nitrogen and oxygen atoms in total. The van der Waals surface area contributed by atoms with Gasteiger partial charge in [0.2, 0.25) is 0 Å². The molecule has 27 heavy (non-hydrogen) atoms. The molecule has 3 N–H and O–H groups in total. The van der Waals surface area contributed by atoms with Crippen molar-refractivity contribution in [2.75, 3.05) is 6.54 Å². The highest BCUT2D eigenvalue weighted by Crippen LogP contribution is 2.31. The maximum absolute atomic E-state index is 13.7. The molecule has 3 aromatic heterocycles. The molecule has 0 aliphatic carbocycles. The maximum Gasteiger partial charge on any atom is 0.269 e. The number of nitrogens with zero attached hydrogens (tertiary/aromatic N) is 3. The minimum atomic E-state index is -0.629. The number of aromatic nitrogens is 4. The summed E-state index contributed by atoms with van der Waals surface area (Å²) in [5.41, 5.74) is 4.03. The van der Waals surface area contributed by atoms with E-state index in [0.29, 0.717) is 5.69 Å². The lowest BCUT2D eigenvalue weighted by Gasteiger charge is -2.12. The molecule has 0 saturated heterocycles. The number of hydrogen-bond acceptors (Lipinski definition) is 4. The number of carbonyl (C=O) groups excluding carboxylic acids is 1. The Morgan fingerprint density at radius 2 is 2.15 bits per heavy atom. The van der Waals surface area contributed by atoms with Crippen molar-refractivity contribution in [3.05, 3.63) is 53.7 Å². The summed E-state index contributed by atoms with van der Waals surface area (Å²) in [5, 5.41) is 19.6. The van der Waals surface area contributed by atoms with Crippen LogP contribution in [0.5, 0.6) is 0 Å². The van der Waals surface area contributed by atoms with Crippen molar-refractivity contribution in [2.45, 2.75) is 20.0 Å². The van der Waals surface area contributed by atoms with Crippen LogP contribution in [-0.2, 0) is 0 Å². The Morgan fingerprint density at radius 1 is 1.33 bits per heavy atom. The van der Waals surface area contributed by atoms with Crippen molar-refractivity contribution in [3.63, 3.8) is 0 Å². The number of pyridine rings is 1. The molecule has 0 bridgehead atoms. The zero-order valence-electron chi connectivity index (χ0n) is 14.8. The number of halogens is 1. The van der Waals surface area contributed by atoms with E-state index in [1.165, 1.54) is 12.1 Å². The Morgan fingerprint density at radius 3 is 2.89 bits per heavy atom. The molecule has 0 radical (unpaired) electrons. The monoisotopic (exact) mass is 367 g/mol. The molecule has 0 saturated carbocycles. The van der Waals surface area contributed by atoms with Gasteiger partial charge in [-0.1, -0.05) is 0 Å². The number of benzene rings is 1. The summed E-state index contributed by atoms with van der Waals surface area (Å²) >= 11 is 0. The molecule has 1 unspecified atom stereocenters. The number of amides is 1. The van der Waals surface area contributed by atoms with Crippen molar-refractivity contribution < 1.29 is 14.3 Å². The largest absolute Gasteiger partial charge is 0.392 e. The second-order valence-electron chi connectivity index (χ2n) is 6.49. The maximum atomic E-state index is 13.7. The van der Waals surface area contributed by atoms with E-state index in [1.54, 1.807) is 31.3 Å². The summed E-state index contributed by atoms with van der Waals surface area (Å²) in [6, 6.07) is 8.01. The van der Waals surface area contributed by atoms with E-state index in [4.69, 9.17) is 0 Å². The van der Waals surface area contributed by atoms with Crippen LogP contribution in [0.2, 0.25) is 0 Å². The summed E-state index contributed by atoms with van der Waals surface area (Å²) in [7, 11) is 0. The number of fused-ring (bicyclic) bond motifs is 3. The van der Waals surface area contributed by atoms with E-state index in [9.17, 15) is 14.3 Å². The molecule has 1 amide bonds. The summed E-state index contributed by atoms with van der Waals surface area (Å²) < 4.78 is 15.7. The number of aliphatic hydroxyl groups excluding tert-OH is 1. The molecule has 8 heteroatoms. The first-order valence-corrected chi connectivity index (χ1v) is 8.53. The van der Waals surface area contributed by atoms with Gasteiger partial charge in [0.1, 0.15) is 11.5 Å². The fraction of sp³-hybridized carbons (Fsp3) is 0.211. The zero-order chi connectivity index (χ0) is 19.1. The number of aliphatic hydroxyl groups is 1. The molecule has 4 rings (SSSR count). The summed E-state index contributed by atoms with van der Waals surface area (Å²) in [4.78, 5) is 16.6. The van der Waals surface area contributed by atoms with Gasteiger partial charge in [0.25, 0.3) is 5.91 Å². The third-order valence-electron chi connectivity index (χ3n) is 4.42. The van der Waals surface area contributed by atoms with Crippen molar-refractivity contribution in [3.8, 4) is 5.69 Å². The van der Waals surface area contributed by atoms with Crippen LogP contribution in [-0.4, -0.2) is 43.4 Å². The Labute approximate surface area is 153 Å². The first-order valence-electron chi connectivity index (χ1n) is 8.53. The Bertz CT molecular complexity index is 1160. The zero-order valence-corrected chi connectivity index (χ0v) is 14.8. The minimum Gasteiger partial charge on any atom is -0.392 e. The number of H-pyrrole nitrogens is 1. The third kappa shape index (κ3) is 2.93. The summed E-state index contributed by atoms with van der Waals surface area (Å²) in [6.45, 7) is 3.56. The van der Waals surface area contributed by atoms with E-state index in [1.807, 2.05) is 11.5 Å². The van der Waals surface area contributed by atoms with E-state index >= 15 is 0 Å². The molecule has 4 aromatic rings. The summed E-state index contributed by atoms with van der Waals surface area (Å²) in [6.07, 6.45) is 1.05. The van der Waals surface area contributed by atoms with Crippen LogP contribution in [0.15, 0.2) is 36.5 Å². The average Bonchev–Trinajstić information content (AvgIpc) is 3.21. The number of hydrogen-bond donors (Lipinski definition) is 3. The van der Waals surface area contributed by atoms with Crippen LogP contribution < -0.4 is 5.32 Å². The molecule has 3 heterocycles. The number of aromatic amines is 1. The van der Waals surface area contributed by atoms with Crippen molar-refractivity contribution in [2.24, 2.45) is 0 Å². The van der Waals surface area contributed by atoms with E-state index in [0.717, 1.165) is 27.6 Å². The molecular formula is C19H18FN5O2. The van der Waals surface area contributed by atoms with Gasteiger partial charge in [0.05, 0.1) is 40.2 Å². The molecule has 0 aliphatic heterocycles. The molecule has 1 atom stereocenters. The quantitative estimate of drug-likeness (QED) is 0.516. The van der Waals surface area contributed by atoms with Crippen LogP contribution in [0, 0.1) is 12.7 Å². The lowest BCUT2D eigenvalue weighted by atomic mass is 10.2. The van der Waals surface area contributed by atoms with Gasteiger partial charge in [-0.25, -0.2) is 9.37 Å². The van der Waals surface area contributed by atoms with Gasteiger partial charge in [0, 0.05) is 11.9 Å². The topological polar surface area (TPSA) is 95.8 Å². The third-order valence-corrected chi connectivity index (χ3v) is 4.42. The second kappa shape index (κ2) is 6.48. The number of carbonyl (C=O) groups is 1. The van der Waals surface area contributed by atoms with Crippen molar-refractivity contribution in [1.82, 2.24) is 25.1 Å². The first kappa shape index (κ1) is 17.2. The molecule has 138 valence electrons. The fourth-order valence-electron chi connectivity index (χ4n) is 3.19. The van der Waals surface area contributed by atoms with Gasteiger partial charge in [-0.3, -0.25) is 9.89 Å². The predicted molar refractivity (Wildman–Crippen MR) is 99.4 cm³/mol. The lowest BCUT2D eigenvalue weighted by Crippen LogP contribution is -2.31. The normalized spacial score (nSPS) is 12.6. The second-order valence-corrected chi connectivity index (χ2v) is 6.49. The van der Waals surface area contributed by atoms with Crippen LogP contribution in [0.3, 0.4) is 0 Å². The molecule has 1 aromatic carbocycles. The SMILES string of the molecule is Cc1nc(C(=O)NCC(C)O)ccc1-n1c2ccc(F)cc2c2[nH]ncc21. The predicted octanol–water partition coefficient (Wildman–Crippen LogP) is 2.46. The van der Waals surface area contributed by atoms with Gasteiger partial charge in [0.15, 0.2) is 0 Å². The molecule has 0 spiro atoms.